The van der Waals surface area contributed by atoms with Crippen molar-refractivity contribution in [3.63, 3.8) is 0 Å². The summed E-state index contributed by atoms with van der Waals surface area (Å²) in [5.74, 6) is 0.553. The zero-order valence-electron chi connectivity index (χ0n) is 6.76. The molecule has 0 spiro atoms. The molecule has 0 aromatic rings. The Balaban J connectivity index is 2.45. The van der Waals surface area contributed by atoms with Crippen molar-refractivity contribution in [2.75, 3.05) is 19.8 Å². The molecule has 0 radical (unpaired) electrons. The number of hydrogen-bond donors (Lipinski definition) is 1. The minimum Gasteiger partial charge on any atom is -0.396 e. The first-order chi connectivity index (χ1) is 4.67. The van der Waals surface area contributed by atoms with E-state index in [9.17, 15) is 0 Å². The summed E-state index contributed by atoms with van der Waals surface area (Å²) in [5, 5.41) is 9.00. The first kappa shape index (κ1) is 8.02. The van der Waals surface area contributed by atoms with Crippen LogP contribution in [-0.4, -0.2) is 24.9 Å². The summed E-state index contributed by atoms with van der Waals surface area (Å²) in [6, 6.07) is 0. The third kappa shape index (κ3) is 1.50. The van der Waals surface area contributed by atoms with Gasteiger partial charge in [0.25, 0.3) is 0 Å². The van der Waals surface area contributed by atoms with Crippen LogP contribution in [0.1, 0.15) is 20.3 Å². The Morgan fingerprint density at radius 2 is 2.30 bits per heavy atom. The van der Waals surface area contributed by atoms with E-state index in [-0.39, 0.29) is 12.0 Å². The third-order valence-electron chi connectivity index (χ3n) is 2.44. The fraction of sp³-hybridized carbons (Fsp3) is 1.00. The van der Waals surface area contributed by atoms with Crippen LogP contribution in [0.2, 0.25) is 0 Å². The second kappa shape index (κ2) is 2.89. The number of aliphatic hydroxyl groups excluding tert-OH is 1. The van der Waals surface area contributed by atoms with E-state index >= 15 is 0 Å². The van der Waals surface area contributed by atoms with Gasteiger partial charge in [0.2, 0.25) is 0 Å². The molecule has 0 aromatic heterocycles. The number of rotatable bonds is 2. The van der Waals surface area contributed by atoms with Crippen molar-refractivity contribution in [2.24, 2.45) is 11.3 Å². The van der Waals surface area contributed by atoms with E-state index in [4.69, 9.17) is 9.84 Å². The Bertz CT molecular complexity index is 104. The van der Waals surface area contributed by atoms with Gasteiger partial charge < -0.3 is 9.84 Å². The van der Waals surface area contributed by atoms with Crippen LogP contribution in [0.25, 0.3) is 0 Å². The van der Waals surface area contributed by atoms with Gasteiger partial charge in [-0.1, -0.05) is 13.8 Å². The second-order valence-corrected chi connectivity index (χ2v) is 3.71. The Labute approximate surface area is 62.2 Å². The highest BCUT2D eigenvalue weighted by molar-refractivity contribution is 4.80. The highest BCUT2D eigenvalue weighted by Gasteiger charge is 2.31. The van der Waals surface area contributed by atoms with Crippen molar-refractivity contribution < 1.29 is 9.84 Å². The van der Waals surface area contributed by atoms with Crippen molar-refractivity contribution in [1.82, 2.24) is 0 Å². The molecular weight excluding hydrogens is 128 g/mol. The first-order valence-corrected chi connectivity index (χ1v) is 3.85. The lowest BCUT2D eigenvalue weighted by Gasteiger charge is -2.27. The topological polar surface area (TPSA) is 29.5 Å². The quantitative estimate of drug-likeness (QED) is 0.627. The van der Waals surface area contributed by atoms with Crippen LogP contribution in [0, 0.1) is 11.3 Å². The molecule has 0 bridgehead atoms. The summed E-state index contributed by atoms with van der Waals surface area (Å²) in [4.78, 5) is 0. The van der Waals surface area contributed by atoms with E-state index in [1.54, 1.807) is 0 Å². The summed E-state index contributed by atoms with van der Waals surface area (Å²) in [6.45, 7) is 6.14. The van der Waals surface area contributed by atoms with Crippen molar-refractivity contribution in [1.29, 1.82) is 0 Å². The van der Waals surface area contributed by atoms with Gasteiger partial charge in [0.1, 0.15) is 0 Å². The van der Waals surface area contributed by atoms with E-state index in [0.29, 0.717) is 5.92 Å². The SMILES string of the molecule is CC(C)(CO)[C@@H]1CCOC1. The number of hydrogen-bond acceptors (Lipinski definition) is 2. The molecule has 1 atom stereocenters. The fourth-order valence-electron chi connectivity index (χ4n) is 1.28. The second-order valence-electron chi connectivity index (χ2n) is 3.71. The molecule has 10 heavy (non-hydrogen) atoms. The van der Waals surface area contributed by atoms with Crippen molar-refractivity contribution >= 4 is 0 Å². The van der Waals surface area contributed by atoms with Crippen LogP contribution in [-0.2, 0) is 4.74 Å². The van der Waals surface area contributed by atoms with Crippen LogP contribution in [0.5, 0.6) is 0 Å². The van der Waals surface area contributed by atoms with Gasteiger partial charge in [-0.25, -0.2) is 0 Å². The molecular formula is C8H16O2. The average Bonchev–Trinajstić information content (AvgIpc) is 2.38. The minimum absolute atomic E-state index is 0.0521. The molecule has 1 heterocycles. The maximum Gasteiger partial charge on any atom is 0.0501 e. The lowest BCUT2D eigenvalue weighted by Crippen LogP contribution is -2.28. The summed E-state index contributed by atoms with van der Waals surface area (Å²) in [5.41, 5.74) is 0.0521. The maximum absolute atomic E-state index is 9.00. The molecule has 1 aliphatic rings. The molecule has 0 amide bonds. The average molecular weight is 144 g/mol. The van der Waals surface area contributed by atoms with Gasteiger partial charge in [0, 0.05) is 13.2 Å². The first-order valence-electron chi connectivity index (χ1n) is 3.85. The van der Waals surface area contributed by atoms with Gasteiger partial charge in [0.05, 0.1) is 6.61 Å². The molecule has 0 aliphatic carbocycles. The molecule has 0 aromatic carbocycles. The molecule has 0 unspecified atom stereocenters. The van der Waals surface area contributed by atoms with E-state index in [0.717, 1.165) is 19.6 Å². The van der Waals surface area contributed by atoms with E-state index in [1.807, 2.05) is 0 Å². The molecule has 60 valence electrons. The zero-order chi connectivity index (χ0) is 7.61. The Morgan fingerprint density at radius 1 is 1.60 bits per heavy atom. The van der Waals surface area contributed by atoms with Gasteiger partial charge in [-0.2, -0.15) is 0 Å². The highest BCUT2D eigenvalue weighted by Crippen LogP contribution is 2.32. The van der Waals surface area contributed by atoms with E-state index < -0.39 is 0 Å². The van der Waals surface area contributed by atoms with E-state index in [1.165, 1.54) is 0 Å². The Hall–Kier alpha value is -0.0800. The number of ether oxygens (including phenoxy) is 1. The van der Waals surface area contributed by atoms with Crippen LogP contribution in [0.15, 0.2) is 0 Å². The maximum atomic E-state index is 9.00. The molecule has 0 saturated carbocycles. The normalized spacial score (nSPS) is 27.3. The Kier molecular flexibility index (Phi) is 2.32. The molecule has 1 fully saturated rings. The van der Waals surface area contributed by atoms with Crippen LogP contribution < -0.4 is 0 Å². The van der Waals surface area contributed by atoms with Crippen LogP contribution >= 0.6 is 0 Å². The van der Waals surface area contributed by atoms with Crippen LogP contribution in [0.3, 0.4) is 0 Å². The standard InChI is InChI=1S/C8H16O2/c1-8(2,6-9)7-3-4-10-5-7/h7,9H,3-6H2,1-2H3/t7-/m1/s1. The van der Waals surface area contributed by atoms with Gasteiger partial charge in [-0.3, -0.25) is 0 Å². The largest absolute Gasteiger partial charge is 0.396 e. The zero-order valence-corrected chi connectivity index (χ0v) is 6.76. The van der Waals surface area contributed by atoms with Gasteiger partial charge >= 0.3 is 0 Å². The molecule has 1 saturated heterocycles. The molecule has 1 rings (SSSR count). The summed E-state index contributed by atoms with van der Waals surface area (Å²) < 4.78 is 5.23. The predicted octanol–water partition coefficient (Wildman–Crippen LogP) is 1.04. The Morgan fingerprint density at radius 3 is 2.70 bits per heavy atom. The van der Waals surface area contributed by atoms with Gasteiger partial charge in [0.15, 0.2) is 0 Å². The molecule has 1 aliphatic heterocycles. The summed E-state index contributed by atoms with van der Waals surface area (Å²) in [7, 11) is 0. The van der Waals surface area contributed by atoms with Crippen molar-refractivity contribution in [2.45, 2.75) is 20.3 Å². The molecule has 2 heteroatoms. The van der Waals surface area contributed by atoms with Gasteiger partial charge in [-0.05, 0) is 17.8 Å². The van der Waals surface area contributed by atoms with Gasteiger partial charge in [-0.15, -0.1) is 0 Å². The lowest BCUT2D eigenvalue weighted by atomic mass is 9.79. The monoisotopic (exact) mass is 144 g/mol. The van der Waals surface area contributed by atoms with Crippen molar-refractivity contribution in [3.8, 4) is 0 Å². The van der Waals surface area contributed by atoms with Crippen molar-refractivity contribution in [3.05, 3.63) is 0 Å². The molecule has 2 nitrogen and oxygen atoms in total. The lowest BCUT2D eigenvalue weighted by molar-refractivity contribution is 0.0816. The van der Waals surface area contributed by atoms with E-state index in [2.05, 4.69) is 13.8 Å². The predicted molar refractivity (Wildman–Crippen MR) is 39.8 cm³/mol. The molecule has 1 N–H and O–H groups in total. The summed E-state index contributed by atoms with van der Waals surface area (Å²) >= 11 is 0. The third-order valence-corrected chi connectivity index (χ3v) is 2.44. The smallest absolute Gasteiger partial charge is 0.0501 e. The highest BCUT2D eigenvalue weighted by atomic mass is 16.5. The summed E-state index contributed by atoms with van der Waals surface area (Å²) in [6.07, 6.45) is 1.10. The van der Waals surface area contributed by atoms with Crippen LogP contribution in [0.4, 0.5) is 0 Å². The number of aliphatic hydroxyl groups is 1. The minimum atomic E-state index is 0.0521. The fourth-order valence-corrected chi connectivity index (χ4v) is 1.28.